The number of hydrogen-bond acceptors (Lipinski definition) is 3. The van der Waals surface area contributed by atoms with Crippen molar-refractivity contribution in [1.29, 1.82) is 0 Å². The van der Waals surface area contributed by atoms with Crippen LogP contribution in [-0.2, 0) is 6.54 Å². The topological polar surface area (TPSA) is 50.3 Å². The van der Waals surface area contributed by atoms with Gasteiger partial charge in [0, 0.05) is 29.2 Å². The number of ether oxygens (including phenoxy) is 1. The van der Waals surface area contributed by atoms with Crippen LogP contribution in [0.3, 0.4) is 0 Å². The third-order valence-electron chi connectivity index (χ3n) is 5.27. The number of nitrogens with zero attached hydrogens (tertiary/aromatic N) is 2. The Kier molecular flexibility index (Phi) is 5.33. The minimum Gasteiger partial charge on any atom is -0.491 e. The number of pyridine rings is 1. The molecule has 2 heterocycles. The SMILES string of the molecule is CC(C)Cn1c2c(OCCCN(C)C)cccc2c2[nH]c(=O)c3ccccc3c21. The van der Waals surface area contributed by atoms with E-state index < -0.39 is 0 Å². The molecule has 5 nitrogen and oxygen atoms in total. The van der Waals surface area contributed by atoms with Gasteiger partial charge < -0.3 is 19.2 Å². The minimum absolute atomic E-state index is 0.0472. The molecule has 0 spiro atoms. The summed E-state index contributed by atoms with van der Waals surface area (Å²) in [6.07, 6.45) is 0.966. The van der Waals surface area contributed by atoms with Gasteiger partial charge in [0.2, 0.25) is 0 Å². The van der Waals surface area contributed by atoms with Gasteiger partial charge in [0.15, 0.2) is 0 Å². The first kappa shape index (κ1) is 19.5. The molecule has 0 unspecified atom stereocenters. The zero-order valence-electron chi connectivity index (χ0n) is 17.7. The number of aromatic nitrogens is 2. The van der Waals surface area contributed by atoms with Crippen LogP contribution in [0, 0.1) is 5.92 Å². The minimum atomic E-state index is -0.0472. The molecule has 0 saturated heterocycles. The molecule has 5 heteroatoms. The lowest BCUT2D eigenvalue weighted by Crippen LogP contribution is -2.15. The molecule has 0 aliphatic heterocycles. The Morgan fingerprint density at radius 3 is 2.45 bits per heavy atom. The highest BCUT2D eigenvalue weighted by Gasteiger charge is 2.19. The molecule has 1 N–H and O–H groups in total. The van der Waals surface area contributed by atoms with E-state index in [1.165, 1.54) is 0 Å². The van der Waals surface area contributed by atoms with Gasteiger partial charge in [-0.1, -0.05) is 44.2 Å². The second kappa shape index (κ2) is 7.91. The molecule has 0 fully saturated rings. The summed E-state index contributed by atoms with van der Waals surface area (Å²) < 4.78 is 8.55. The Hall–Kier alpha value is -2.79. The first-order chi connectivity index (χ1) is 14.0. The first-order valence-corrected chi connectivity index (χ1v) is 10.3. The third-order valence-corrected chi connectivity index (χ3v) is 5.27. The summed E-state index contributed by atoms with van der Waals surface area (Å²) in [6, 6.07) is 14.0. The van der Waals surface area contributed by atoms with Crippen molar-refractivity contribution >= 4 is 32.7 Å². The standard InChI is InChI=1S/C24H29N3O2/c1-16(2)15-27-22-19(11-7-12-20(22)29-14-8-13-26(3)4)21-23(27)17-9-5-6-10-18(17)24(28)25-21/h5-7,9-12,16H,8,13-15H2,1-4H3,(H,25,28). The van der Waals surface area contributed by atoms with Gasteiger partial charge in [-0.15, -0.1) is 0 Å². The molecule has 4 aromatic rings. The van der Waals surface area contributed by atoms with Gasteiger partial charge >= 0.3 is 0 Å². The lowest BCUT2D eigenvalue weighted by atomic mass is 10.1. The van der Waals surface area contributed by atoms with E-state index in [-0.39, 0.29) is 5.56 Å². The Morgan fingerprint density at radius 2 is 1.72 bits per heavy atom. The molecule has 152 valence electrons. The maximum absolute atomic E-state index is 12.7. The van der Waals surface area contributed by atoms with E-state index in [2.05, 4.69) is 48.5 Å². The van der Waals surface area contributed by atoms with Crippen molar-refractivity contribution in [1.82, 2.24) is 14.5 Å². The average molecular weight is 392 g/mol. The van der Waals surface area contributed by atoms with Crippen LogP contribution in [0.5, 0.6) is 5.75 Å². The third kappa shape index (κ3) is 3.62. The van der Waals surface area contributed by atoms with Crippen LogP contribution in [0.25, 0.3) is 32.7 Å². The monoisotopic (exact) mass is 391 g/mol. The van der Waals surface area contributed by atoms with Crippen LogP contribution < -0.4 is 10.3 Å². The van der Waals surface area contributed by atoms with Gasteiger partial charge in [-0.3, -0.25) is 4.79 Å². The molecule has 0 saturated carbocycles. The molecular formula is C24H29N3O2. The van der Waals surface area contributed by atoms with Crippen molar-refractivity contribution in [2.45, 2.75) is 26.8 Å². The van der Waals surface area contributed by atoms with E-state index in [1.807, 2.05) is 36.4 Å². The van der Waals surface area contributed by atoms with Gasteiger partial charge in [-0.2, -0.15) is 0 Å². The normalized spacial score (nSPS) is 12.1. The summed E-state index contributed by atoms with van der Waals surface area (Å²) >= 11 is 0. The summed E-state index contributed by atoms with van der Waals surface area (Å²) in [5.41, 5.74) is 2.98. The molecule has 0 radical (unpaired) electrons. The van der Waals surface area contributed by atoms with Crippen LogP contribution >= 0.6 is 0 Å². The summed E-state index contributed by atoms with van der Waals surface area (Å²) in [7, 11) is 4.14. The largest absolute Gasteiger partial charge is 0.491 e. The number of para-hydroxylation sites is 1. The van der Waals surface area contributed by atoms with Crippen molar-refractivity contribution in [3.8, 4) is 5.75 Å². The first-order valence-electron chi connectivity index (χ1n) is 10.3. The number of aromatic amines is 1. The van der Waals surface area contributed by atoms with E-state index in [1.54, 1.807) is 0 Å². The second-order valence-corrected chi connectivity index (χ2v) is 8.39. The van der Waals surface area contributed by atoms with Gasteiger partial charge in [0.05, 0.1) is 23.2 Å². The molecule has 0 aliphatic rings. The number of nitrogens with one attached hydrogen (secondary N) is 1. The van der Waals surface area contributed by atoms with Gasteiger partial charge in [-0.05, 0) is 38.6 Å². The molecule has 0 aliphatic carbocycles. The number of fused-ring (bicyclic) bond motifs is 5. The fourth-order valence-electron chi connectivity index (χ4n) is 4.08. The van der Waals surface area contributed by atoms with Crippen molar-refractivity contribution < 1.29 is 4.74 Å². The number of benzene rings is 2. The lowest BCUT2D eigenvalue weighted by Gasteiger charge is -2.15. The molecule has 2 aromatic carbocycles. The van der Waals surface area contributed by atoms with Crippen molar-refractivity contribution in [2.75, 3.05) is 27.2 Å². The summed E-state index contributed by atoms with van der Waals surface area (Å²) in [4.78, 5) is 18.0. The van der Waals surface area contributed by atoms with Crippen molar-refractivity contribution in [3.63, 3.8) is 0 Å². The van der Waals surface area contributed by atoms with E-state index >= 15 is 0 Å². The zero-order valence-corrected chi connectivity index (χ0v) is 17.7. The number of hydrogen-bond donors (Lipinski definition) is 1. The van der Waals surface area contributed by atoms with Gasteiger partial charge in [0.1, 0.15) is 5.75 Å². The highest BCUT2D eigenvalue weighted by molar-refractivity contribution is 6.16. The molecular weight excluding hydrogens is 362 g/mol. The highest BCUT2D eigenvalue weighted by atomic mass is 16.5. The maximum atomic E-state index is 12.7. The van der Waals surface area contributed by atoms with E-state index in [4.69, 9.17) is 4.74 Å². The fourth-order valence-corrected chi connectivity index (χ4v) is 4.08. The summed E-state index contributed by atoms with van der Waals surface area (Å²) in [5.74, 6) is 1.34. The fraction of sp³-hybridized carbons (Fsp3) is 0.375. The van der Waals surface area contributed by atoms with E-state index in [9.17, 15) is 4.79 Å². The quantitative estimate of drug-likeness (QED) is 0.468. The molecule has 2 aromatic heterocycles. The molecule has 0 atom stereocenters. The zero-order chi connectivity index (χ0) is 20.5. The van der Waals surface area contributed by atoms with Crippen molar-refractivity contribution in [2.24, 2.45) is 5.92 Å². The molecule has 29 heavy (non-hydrogen) atoms. The predicted octanol–water partition coefficient (Wildman–Crippen LogP) is 4.62. The average Bonchev–Trinajstić information content (AvgIpc) is 2.99. The lowest BCUT2D eigenvalue weighted by molar-refractivity contribution is 0.283. The van der Waals surface area contributed by atoms with Crippen LogP contribution in [0.15, 0.2) is 47.3 Å². The second-order valence-electron chi connectivity index (χ2n) is 8.39. The summed E-state index contributed by atoms with van der Waals surface area (Å²) in [5, 5.41) is 2.75. The molecule has 0 bridgehead atoms. The smallest absolute Gasteiger partial charge is 0.256 e. The highest BCUT2D eigenvalue weighted by Crippen LogP contribution is 2.36. The Morgan fingerprint density at radius 1 is 1.00 bits per heavy atom. The molecule has 0 amide bonds. The van der Waals surface area contributed by atoms with Crippen LogP contribution in [-0.4, -0.2) is 41.7 Å². The van der Waals surface area contributed by atoms with Crippen molar-refractivity contribution in [3.05, 3.63) is 52.8 Å². The number of H-pyrrole nitrogens is 1. The Bertz CT molecular complexity index is 1220. The van der Waals surface area contributed by atoms with Crippen LogP contribution in [0.1, 0.15) is 20.3 Å². The molecule has 4 rings (SSSR count). The van der Waals surface area contributed by atoms with Crippen LogP contribution in [0.2, 0.25) is 0 Å². The van der Waals surface area contributed by atoms with E-state index in [0.717, 1.165) is 58.0 Å². The Labute approximate surface area is 170 Å². The van der Waals surface area contributed by atoms with Gasteiger partial charge in [-0.25, -0.2) is 0 Å². The summed E-state index contributed by atoms with van der Waals surface area (Å²) in [6.45, 7) is 6.94. The predicted molar refractivity (Wildman–Crippen MR) is 121 cm³/mol. The van der Waals surface area contributed by atoms with Gasteiger partial charge in [0.25, 0.3) is 5.56 Å². The maximum Gasteiger partial charge on any atom is 0.256 e. The van der Waals surface area contributed by atoms with Crippen LogP contribution in [0.4, 0.5) is 0 Å². The number of rotatable bonds is 7. The van der Waals surface area contributed by atoms with E-state index in [0.29, 0.717) is 12.5 Å². The Balaban J connectivity index is 1.96.